The SMILES string of the molecule is CN(CC(=O)N1CCCC2(CC3CCC2CC3)C1)Cc1ccccc1. The topological polar surface area (TPSA) is 23.6 Å². The van der Waals surface area contributed by atoms with Crippen molar-refractivity contribution in [1.29, 1.82) is 0 Å². The Morgan fingerprint density at radius 1 is 1.20 bits per heavy atom. The standard InChI is InChI=1S/C22H32N2O/c1-23(15-19-6-3-2-4-7-19)16-21(25)24-13-5-12-22(17-24)14-18-8-10-20(22)11-9-18/h2-4,6-7,18,20H,5,8-17H2,1H3. The molecule has 0 radical (unpaired) electrons. The Kier molecular flexibility index (Phi) is 4.86. The van der Waals surface area contributed by atoms with Gasteiger partial charge in [-0.3, -0.25) is 9.69 Å². The van der Waals surface area contributed by atoms with E-state index in [4.69, 9.17) is 0 Å². The van der Waals surface area contributed by atoms with Crippen LogP contribution in [0.25, 0.3) is 0 Å². The number of hydrogen-bond donors (Lipinski definition) is 0. The molecule has 3 aliphatic carbocycles. The van der Waals surface area contributed by atoms with E-state index < -0.39 is 0 Å². The fraction of sp³-hybridized carbons (Fsp3) is 0.682. The lowest BCUT2D eigenvalue weighted by molar-refractivity contribution is -0.140. The maximum Gasteiger partial charge on any atom is 0.236 e. The summed E-state index contributed by atoms with van der Waals surface area (Å²) in [5.74, 6) is 2.16. The van der Waals surface area contributed by atoms with E-state index in [1.54, 1.807) is 0 Å². The molecule has 136 valence electrons. The quantitative estimate of drug-likeness (QED) is 0.829. The molecule has 1 spiro atoms. The molecule has 1 aromatic carbocycles. The summed E-state index contributed by atoms with van der Waals surface area (Å²) < 4.78 is 0. The van der Waals surface area contributed by atoms with Gasteiger partial charge in [0.25, 0.3) is 0 Å². The number of piperidine rings is 1. The molecule has 1 unspecified atom stereocenters. The average molecular weight is 341 g/mol. The molecule has 3 nitrogen and oxygen atoms in total. The van der Waals surface area contributed by atoms with Gasteiger partial charge in [-0.2, -0.15) is 0 Å². The van der Waals surface area contributed by atoms with Crippen LogP contribution in [0.5, 0.6) is 0 Å². The zero-order valence-corrected chi connectivity index (χ0v) is 15.6. The Balaban J connectivity index is 1.35. The van der Waals surface area contributed by atoms with Gasteiger partial charge in [0.2, 0.25) is 5.91 Å². The minimum Gasteiger partial charge on any atom is -0.341 e. The molecule has 25 heavy (non-hydrogen) atoms. The lowest BCUT2D eigenvalue weighted by Gasteiger charge is -2.56. The molecule has 2 bridgehead atoms. The summed E-state index contributed by atoms with van der Waals surface area (Å²) in [5.41, 5.74) is 1.74. The van der Waals surface area contributed by atoms with E-state index >= 15 is 0 Å². The number of likely N-dealkylation sites (N-methyl/N-ethyl adjacent to an activating group) is 1. The summed E-state index contributed by atoms with van der Waals surface area (Å²) in [6.07, 6.45) is 9.68. The molecular weight excluding hydrogens is 308 g/mol. The van der Waals surface area contributed by atoms with E-state index in [2.05, 4.69) is 41.1 Å². The van der Waals surface area contributed by atoms with E-state index in [1.165, 1.54) is 50.5 Å². The first-order valence-corrected chi connectivity index (χ1v) is 10.1. The number of nitrogens with zero attached hydrogens (tertiary/aromatic N) is 2. The van der Waals surface area contributed by atoms with E-state index in [1.807, 2.05) is 6.07 Å². The summed E-state index contributed by atoms with van der Waals surface area (Å²) in [5, 5.41) is 0. The fourth-order valence-corrected chi connectivity index (χ4v) is 5.88. The number of hydrogen-bond acceptors (Lipinski definition) is 2. The number of carbonyl (C=O) groups excluding carboxylic acids is 1. The van der Waals surface area contributed by atoms with Crippen molar-refractivity contribution < 1.29 is 4.79 Å². The zero-order valence-electron chi connectivity index (χ0n) is 15.6. The number of carbonyl (C=O) groups is 1. The van der Waals surface area contributed by atoms with Gasteiger partial charge in [-0.15, -0.1) is 0 Å². The van der Waals surface area contributed by atoms with Crippen LogP contribution in [0.2, 0.25) is 0 Å². The maximum absolute atomic E-state index is 12.9. The van der Waals surface area contributed by atoms with Crippen LogP contribution in [-0.2, 0) is 11.3 Å². The summed E-state index contributed by atoms with van der Waals surface area (Å²) >= 11 is 0. The predicted molar refractivity (Wildman–Crippen MR) is 101 cm³/mol. The van der Waals surface area contributed by atoms with Crippen LogP contribution in [0, 0.1) is 17.3 Å². The predicted octanol–water partition coefficient (Wildman–Crippen LogP) is 3.94. The molecule has 1 saturated heterocycles. The second-order valence-electron chi connectivity index (χ2n) is 8.86. The molecule has 3 saturated carbocycles. The highest BCUT2D eigenvalue weighted by atomic mass is 16.2. The first-order valence-electron chi connectivity index (χ1n) is 10.1. The molecular formula is C22H32N2O. The second-order valence-corrected chi connectivity index (χ2v) is 8.86. The van der Waals surface area contributed by atoms with Crippen molar-refractivity contribution in [2.24, 2.45) is 17.3 Å². The van der Waals surface area contributed by atoms with E-state index in [0.717, 1.165) is 31.5 Å². The van der Waals surface area contributed by atoms with Gasteiger partial charge >= 0.3 is 0 Å². The lowest BCUT2D eigenvalue weighted by Crippen LogP contribution is -2.54. The van der Waals surface area contributed by atoms with Gasteiger partial charge in [-0.25, -0.2) is 0 Å². The normalized spacial score (nSPS) is 31.7. The number of rotatable bonds is 4. The molecule has 0 aromatic heterocycles. The van der Waals surface area contributed by atoms with Gasteiger partial charge in [0.1, 0.15) is 0 Å². The van der Waals surface area contributed by atoms with Crippen molar-refractivity contribution in [3.05, 3.63) is 35.9 Å². The Labute approximate surface area is 152 Å². The molecule has 4 aliphatic rings. The zero-order chi connectivity index (χ0) is 17.3. The highest BCUT2D eigenvalue weighted by molar-refractivity contribution is 5.78. The molecule has 1 heterocycles. The number of fused-ring (bicyclic) bond motifs is 2. The third-order valence-corrected chi connectivity index (χ3v) is 7.07. The van der Waals surface area contributed by atoms with Crippen LogP contribution in [-0.4, -0.2) is 42.4 Å². The van der Waals surface area contributed by atoms with Crippen LogP contribution in [0.4, 0.5) is 0 Å². The van der Waals surface area contributed by atoms with Gasteiger partial charge in [-0.05, 0) is 62.0 Å². The van der Waals surface area contributed by atoms with E-state index in [0.29, 0.717) is 17.9 Å². The highest BCUT2D eigenvalue weighted by Gasteiger charge is 2.49. The molecule has 3 heteroatoms. The van der Waals surface area contributed by atoms with Crippen molar-refractivity contribution in [3.63, 3.8) is 0 Å². The lowest BCUT2D eigenvalue weighted by atomic mass is 9.53. The fourth-order valence-electron chi connectivity index (χ4n) is 5.88. The van der Waals surface area contributed by atoms with Crippen molar-refractivity contribution in [2.75, 3.05) is 26.7 Å². The molecule has 1 aromatic rings. The van der Waals surface area contributed by atoms with Crippen LogP contribution >= 0.6 is 0 Å². The highest BCUT2D eigenvalue weighted by Crippen LogP contribution is 2.56. The van der Waals surface area contributed by atoms with Gasteiger partial charge in [0, 0.05) is 19.6 Å². The van der Waals surface area contributed by atoms with Gasteiger partial charge in [0.05, 0.1) is 6.54 Å². The molecule has 1 atom stereocenters. The van der Waals surface area contributed by atoms with Crippen LogP contribution in [0.3, 0.4) is 0 Å². The van der Waals surface area contributed by atoms with Crippen molar-refractivity contribution >= 4 is 5.91 Å². The summed E-state index contributed by atoms with van der Waals surface area (Å²) in [6, 6.07) is 10.4. The molecule has 0 N–H and O–H groups in total. The Morgan fingerprint density at radius 2 is 1.96 bits per heavy atom. The Morgan fingerprint density at radius 3 is 2.64 bits per heavy atom. The van der Waals surface area contributed by atoms with Crippen LogP contribution in [0.15, 0.2) is 30.3 Å². The van der Waals surface area contributed by atoms with E-state index in [-0.39, 0.29) is 0 Å². The minimum atomic E-state index is 0.332. The first-order chi connectivity index (χ1) is 12.1. The molecule has 1 amide bonds. The smallest absolute Gasteiger partial charge is 0.236 e. The first kappa shape index (κ1) is 17.1. The number of likely N-dealkylation sites (tertiary alicyclic amines) is 1. The Bertz CT molecular complexity index is 593. The van der Waals surface area contributed by atoms with Crippen molar-refractivity contribution in [1.82, 2.24) is 9.80 Å². The number of benzene rings is 1. The Hall–Kier alpha value is -1.35. The van der Waals surface area contributed by atoms with Crippen LogP contribution < -0.4 is 0 Å². The molecule has 4 fully saturated rings. The van der Waals surface area contributed by atoms with Crippen molar-refractivity contribution in [2.45, 2.75) is 51.5 Å². The third-order valence-electron chi connectivity index (χ3n) is 7.07. The van der Waals surface area contributed by atoms with Crippen molar-refractivity contribution in [3.8, 4) is 0 Å². The van der Waals surface area contributed by atoms with E-state index in [9.17, 15) is 4.79 Å². The largest absolute Gasteiger partial charge is 0.341 e. The molecule has 5 rings (SSSR count). The van der Waals surface area contributed by atoms with Gasteiger partial charge < -0.3 is 4.90 Å². The van der Waals surface area contributed by atoms with Crippen LogP contribution in [0.1, 0.15) is 50.5 Å². The summed E-state index contributed by atoms with van der Waals surface area (Å²) in [6.45, 7) is 3.39. The van der Waals surface area contributed by atoms with Gasteiger partial charge in [-0.1, -0.05) is 43.2 Å². The number of amides is 1. The third kappa shape index (κ3) is 3.62. The van der Waals surface area contributed by atoms with Gasteiger partial charge in [0.15, 0.2) is 0 Å². The minimum absolute atomic E-state index is 0.332. The maximum atomic E-state index is 12.9. The summed E-state index contributed by atoms with van der Waals surface area (Å²) in [4.78, 5) is 17.3. The summed E-state index contributed by atoms with van der Waals surface area (Å²) in [7, 11) is 2.06. The molecule has 1 aliphatic heterocycles. The monoisotopic (exact) mass is 340 g/mol. The average Bonchev–Trinajstić information content (AvgIpc) is 2.63. The second kappa shape index (κ2) is 7.11.